The van der Waals surface area contributed by atoms with Crippen molar-refractivity contribution in [1.29, 1.82) is 0 Å². The molecule has 5 aromatic rings. The molecule has 3 saturated heterocycles. The number of hydrogen-bond donors (Lipinski definition) is 2. The minimum absolute atomic E-state index is 0.147. The number of amides is 4. The number of anilines is 1. The SMILES string of the molecule is C[C@H](NC(=O)c1ccc2c(Oc3ccc(C(F)(F)F)cc3)cccc2c1)c1cccc(CN2CCC(C3CCN(c4ccc5c(c4)CN(C4CCC(=O)NC4=O)C5=O)CC3)CC2)n1. The number of carbonyl (C=O) groups is 4. The number of imide groups is 1. The zero-order chi connectivity index (χ0) is 43.8. The van der Waals surface area contributed by atoms with Gasteiger partial charge in [0.15, 0.2) is 0 Å². The van der Waals surface area contributed by atoms with Crippen LogP contribution in [0.3, 0.4) is 0 Å². The molecular formula is C49H49F3N6O5. The molecule has 2 N–H and O–H groups in total. The molecule has 4 aliphatic heterocycles. The minimum atomic E-state index is -4.43. The highest BCUT2D eigenvalue weighted by Gasteiger charge is 2.39. The minimum Gasteiger partial charge on any atom is -0.457 e. The number of nitrogens with one attached hydrogen (secondary N) is 2. The third-order valence-corrected chi connectivity index (χ3v) is 13.2. The lowest BCUT2D eigenvalue weighted by atomic mass is 9.78. The highest BCUT2D eigenvalue weighted by Crippen LogP contribution is 2.37. The second-order valence-corrected chi connectivity index (χ2v) is 17.2. The summed E-state index contributed by atoms with van der Waals surface area (Å²) in [4.78, 5) is 62.2. The lowest BCUT2D eigenvalue weighted by Gasteiger charge is -2.41. The number of alkyl halides is 3. The Labute approximate surface area is 363 Å². The Balaban J connectivity index is 0.740. The van der Waals surface area contributed by atoms with E-state index >= 15 is 0 Å². The molecule has 3 fully saturated rings. The fraction of sp³-hybridized carbons (Fsp3) is 0.367. The van der Waals surface area contributed by atoms with Gasteiger partial charge in [-0.15, -0.1) is 0 Å². The van der Waals surface area contributed by atoms with Crippen molar-refractivity contribution in [3.8, 4) is 11.5 Å². The third-order valence-electron chi connectivity index (χ3n) is 13.2. The second kappa shape index (κ2) is 17.5. The number of ether oxygens (including phenoxy) is 1. The Morgan fingerprint density at radius 2 is 1.59 bits per heavy atom. The quantitative estimate of drug-likeness (QED) is 0.134. The molecule has 0 aliphatic carbocycles. The number of likely N-dealkylation sites (tertiary alicyclic amines) is 1. The number of aromatic nitrogens is 1. The largest absolute Gasteiger partial charge is 0.457 e. The van der Waals surface area contributed by atoms with Gasteiger partial charge in [0, 0.05) is 54.8 Å². The highest BCUT2D eigenvalue weighted by atomic mass is 19.4. The van der Waals surface area contributed by atoms with Crippen LogP contribution in [-0.4, -0.2) is 70.6 Å². The Kier molecular flexibility index (Phi) is 11.7. The molecule has 14 heteroatoms. The maximum atomic E-state index is 13.4. The first-order valence-electron chi connectivity index (χ1n) is 21.8. The smallest absolute Gasteiger partial charge is 0.416 e. The van der Waals surface area contributed by atoms with E-state index in [0.717, 1.165) is 104 Å². The van der Waals surface area contributed by atoms with Crippen LogP contribution in [0.4, 0.5) is 18.9 Å². The summed E-state index contributed by atoms with van der Waals surface area (Å²) in [6.45, 7) is 6.97. The molecule has 4 amide bonds. The predicted molar refractivity (Wildman–Crippen MR) is 231 cm³/mol. The number of nitrogens with zero attached hydrogens (tertiary/aromatic N) is 4. The molecule has 1 unspecified atom stereocenters. The molecule has 0 radical (unpaired) electrons. The molecule has 0 bridgehead atoms. The van der Waals surface area contributed by atoms with Crippen LogP contribution in [0.2, 0.25) is 0 Å². The molecule has 0 spiro atoms. The maximum absolute atomic E-state index is 13.4. The topological polar surface area (TPSA) is 124 Å². The monoisotopic (exact) mass is 858 g/mol. The van der Waals surface area contributed by atoms with Crippen LogP contribution in [0, 0.1) is 11.8 Å². The van der Waals surface area contributed by atoms with Crippen molar-refractivity contribution >= 4 is 40.1 Å². The van der Waals surface area contributed by atoms with Gasteiger partial charge in [0.25, 0.3) is 11.8 Å². The van der Waals surface area contributed by atoms with Crippen molar-refractivity contribution in [1.82, 2.24) is 25.4 Å². The number of carbonyl (C=O) groups excluding carboxylic acids is 4. The van der Waals surface area contributed by atoms with E-state index in [-0.39, 0.29) is 35.9 Å². The lowest BCUT2D eigenvalue weighted by molar-refractivity contribution is -0.138. The molecule has 0 saturated carbocycles. The van der Waals surface area contributed by atoms with Crippen LogP contribution in [0.5, 0.6) is 11.5 Å². The van der Waals surface area contributed by atoms with Gasteiger partial charge in [0.2, 0.25) is 11.8 Å². The number of halogens is 3. The van der Waals surface area contributed by atoms with Gasteiger partial charge in [-0.05, 0) is 154 Å². The van der Waals surface area contributed by atoms with Gasteiger partial charge in [-0.3, -0.25) is 34.4 Å². The highest BCUT2D eigenvalue weighted by molar-refractivity contribution is 6.05. The van der Waals surface area contributed by atoms with Crippen LogP contribution < -0.4 is 20.3 Å². The van der Waals surface area contributed by atoms with Crippen LogP contribution in [0.15, 0.2) is 97.1 Å². The molecular weight excluding hydrogens is 810 g/mol. The zero-order valence-electron chi connectivity index (χ0n) is 35.0. The first kappa shape index (κ1) is 42.0. The Bertz CT molecular complexity index is 2550. The summed E-state index contributed by atoms with van der Waals surface area (Å²) in [7, 11) is 0. The van der Waals surface area contributed by atoms with Crippen molar-refractivity contribution in [3.05, 3.63) is 131 Å². The number of pyridine rings is 1. The summed E-state index contributed by atoms with van der Waals surface area (Å²) in [6, 6.07) is 26.2. The van der Waals surface area contributed by atoms with E-state index in [4.69, 9.17) is 9.72 Å². The van der Waals surface area contributed by atoms with Crippen molar-refractivity contribution in [2.45, 2.75) is 76.8 Å². The number of rotatable bonds is 10. The summed E-state index contributed by atoms with van der Waals surface area (Å²) in [6.07, 6.45) is 0.692. The number of piperidine rings is 3. The lowest BCUT2D eigenvalue weighted by Crippen LogP contribution is -2.52. The molecule has 5 heterocycles. The van der Waals surface area contributed by atoms with Gasteiger partial charge in [0.05, 0.1) is 23.0 Å². The van der Waals surface area contributed by atoms with Crippen LogP contribution in [0.25, 0.3) is 10.8 Å². The maximum Gasteiger partial charge on any atom is 0.416 e. The van der Waals surface area contributed by atoms with Crippen molar-refractivity contribution < 1.29 is 37.1 Å². The normalized spacial score (nSPS) is 19.6. The number of fused-ring (bicyclic) bond motifs is 2. The number of benzene rings is 4. The molecule has 1 aromatic heterocycles. The van der Waals surface area contributed by atoms with Gasteiger partial charge in [-0.25, -0.2) is 0 Å². The van der Waals surface area contributed by atoms with E-state index in [9.17, 15) is 32.3 Å². The van der Waals surface area contributed by atoms with Gasteiger partial charge >= 0.3 is 6.18 Å². The van der Waals surface area contributed by atoms with E-state index in [1.165, 1.54) is 12.1 Å². The Hall–Kier alpha value is -6.28. The first-order valence-corrected chi connectivity index (χ1v) is 21.8. The summed E-state index contributed by atoms with van der Waals surface area (Å²) in [5.41, 5.74) is 4.14. The second-order valence-electron chi connectivity index (χ2n) is 17.2. The van der Waals surface area contributed by atoms with Gasteiger partial charge in [-0.2, -0.15) is 13.2 Å². The van der Waals surface area contributed by atoms with Crippen LogP contribution in [-0.2, 0) is 28.9 Å². The van der Waals surface area contributed by atoms with Gasteiger partial charge < -0.3 is 19.9 Å². The predicted octanol–water partition coefficient (Wildman–Crippen LogP) is 8.43. The Morgan fingerprint density at radius 3 is 2.32 bits per heavy atom. The summed E-state index contributed by atoms with van der Waals surface area (Å²) >= 11 is 0. The average Bonchev–Trinajstić information content (AvgIpc) is 3.61. The molecule has 9 rings (SSSR count). The van der Waals surface area contributed by atoms with E-state index < -0.39 is 23.7 Å². The van der Waals surface area contributed by atoms with Crippen molar-refractivity contribution in [2.75, 3.05) is 31.1 Å². The van der Waals surface area contributed by atoms with Gasteiger partial charge in [0.1, 0.15) is 17.5 Å². The fourth-order valence-corrected chi connectivity index (χ4v) is 9.70. The summed E-state index contributed by atoms with van der Waals surface area (Å²) in [5, 5.41) is 6.94. The van der Waals surface area contributed by atoms with Crippen molar-refractivity contribution in [3.63, 3.8) is 0 Å². The molecule has 63 heavy (non-hydrogen) atoms. The zero-order valence-corrected chi connectivity index (χ0v) is 35.0. The number of hydrogen-bond acceptors (Lipinski definition) is 8. The molecule has 2 atom stereocenters. The molecule has 4 aromatic carbocycles. The van der Waals surface area contributed by atoms with E-state index in [2.05, 4.69) is 26.5 Å². The summed E-state index contributed by atoms with van der Waals surface area (Å²) < 4.78 is 45.0. The van der Waals surface area contributed by atoms with Gasteiger partial charge in [-0.1, -0.05) is 18.2 Å². The van der Waals surface area contributed by atoms with E-state index in [0.29, 0.717) is 41.7 Å². The van der Waals surface area contributed by atoms with Crippen LogP contribution in [0.1, 0.15) is 94.7 Å². The van der Waals surface area contributed by atoms with Crippen molar-refractivity contribution in [2.24, 2.45) is 11.8 Å². The molecule has 11 nitrogen and oxygen atoms in total. The standard InChI is InChI=1S/C49H49F3N6O5/c1-30(53-46(60)34-8-14-40-33(26-34)4-2-7-44(40)63-39-12-9-36(10-13-39)49(50,51)52)42-6-3-5-37(54-42)29-56-22-18-31(19-23-56)32-20-24-57(25-21-32)38-11-15-41-35(27-38)28-58(48(41)62)43-16-17-45(59)55-47(43)61/h2-15,26-27,30-32,43H,16-25,28-29H2,1H3,(H,53,60)(H,55,59,61)/t30-,43?/m0/s1. The van der Waals surface area contributed by atoms with E-state index in [1.807, 2.05) is 43.3 Å². The fourth-order valence-electron chi connectivity index (χ4n) is 9.70. The van der Waals surface area contributed by atoms with E-state index in [1.54, 1.807) is 35.2 Å². The third kappa shape index (κ3) is 9.13. The average molecular weight is 859 g/mol. The Morgan fingerprint density at radius 1 is 0.857 bits per heavy atom. The van der Waals surface area contributed by atoms with Crippen LogP contribution >= 0.6 is 0 Å². The molecule has 4 aliphatic rings. The summed E-state index contributed by atoms with van der Waals surface area (Å²) in [5.74, 6) is 1.00. The first-order chi connectivity index (χ1) is 30.4. The molecule has 326 valence electrons.